The summed E-state index contributed by atoms with van der Waals surface area (Å²) in [5.41, 5.74) is 2.49. The Kier molecular flexibility index (Phi) is 6.90. The Morgan fingerprint density at radius 3 is 2.67 bits per heavy atom. The fourth-order valence-electron chi connectivity index (χ4n) is 4.02. The van der Waals surface area contributed by atoms with Crippen molar-refractivity contribution in [3.8, 4) is 0 Å². The summed E-state index contributed by atoms with van der Waals surface area (Å²) < 4.78 is 12.0. The first kappa shape index (κ1) is 20.7. The molecule has 4 rings (SSSR count). The van der Waals surface area contributed by atoms with Crippen molar-refractivity contribution >= 4 is 46.3 Å². The van der Waals surface area contributed by atoms with Crippen molar-refractivity contribution in [1.82, 2.24) is 4.90 Å². The average molecular weight is 423 g/mol. The molecular formula is C21H27ClN2OS2. The average Bonchev–Trinajstić information content (AvgIpc) is 2.66. The van der Waals surface area contributed by atoms with Gasteiger partial charge in [0.1, 0.15) is 0 Å². The van der Waals surface area contributed by atoms with Crippen LogP contribution in [-0.2, 0) is 10.8 Å². The maximum atomic E-state index is 12.0. The summed E-state index contributed by atoms with van der Waals surface area (Å²) in [4.78, 5) is 8.44. The molecule has 2 aliphatic rings. The van der Waals surface area contributed by atoms with Gasteiger partial charge in [-0.1, -0.05) is 30.3 Å². The van der Waals surface area contributed by atoms with Gasteiger partial charge in [-0.25, -0.2) is 0 Å². The van der Waals surface area contributed by atoms with Crippen LogP contribution in [0.3, 0.4) is 0 Å². The standard InChI is InChI=1S/C21H26N2OS2.ClH/c1-22-13-6-5-7-16(22)12-14-23-18-8-3-4-9-20(18)25-21-11-10-17(26(2)24)15-19(21)23;/h3-4,8-11,15-16H,5-7,12-14H2,1-2H3;1H. The highest BCUT2D eigenvalue weighted by Gasteiger charge is 2.26. The minimum atomic E-state index is -0.958. The Balaban J connectivity index is 0.00000210. The lowest BCUT2D eigenvalue weighted by atomic mass is 9.99. The van der Waals surface area contributed by atoms with Gasteiger partial charge < -0.3 is 9.80 Å². The van der Waals surface area contributed by atoms with Gasteiger partial charge in [-0.05, 0) is 63.2 Å². The molecule has 0 aromatic heterocycles. The Morgan fingerprint density at radius 2 is 1.89 bits per heavy atom. The van der Waals surface area contributed by atoms with Crippen LogP contribution in [0.2, 0.25) is 0 Å². The second-order valence-corrected chi connectivity index (χ2v) is 9.69. The lowest BCUT2D eigenvalue weighted by Crippen LogP contribution is -2.38. The molecule has 2 aromatic carbocycles. The van der Waals surface area contributed by atoms with Gasteiger partial charge in [0.05, 0.1) is 11.4 Å². The molecule has 0 radical (unpaired) electrons. The molecule has 146 valence electrons. The fourth-order valence-corrected chi connectivity index (χ4v) is 5.63. The number of nitrogens with zero attached hydrogens (tertiary/aromatic N) is 2. The molecule has 2 unspecified atom stereocenters. The number of rotatable bonds is 4. The third-order valence-electron chi connectivity index (χ3n) is 5.54. The minimum absolute atomic E-state index is 0. The van der Waals surface area contributed by atoms with Crippen LogP contribution in [-0.4, -0.2) is 41.5 Å². The third-order valence-corrected chi connectivity index (χ3v) is 7.58. The predicted octanol–water partition coefficient (Wildman–Crippen LogP) is 5.32. The van der Waals surface area contributed by atoms with Crippen LogP contribution in [0.4, 0.5) is 11.4 Å². The van der Waals surface area contributed by atoms with Gasteiger partial charge in [0.2, 0.25) is 0 Å². The maximum Gasteiger partial charge on any atom is 0.0565 e. The molecule has 0 aliphatic carbocycles. The number of anilines is 2. The first-order valence-corrected chi connectivity index (χ1v) is 11.7. The molecule has 0 saturated carbocycles. The topological polar surface area (TPSA) is 23.6 Å². The molecule has 1 saturated heterocycles. The first-order chi connectivity index (χ1) is 12.6. The number of hydrogen-bond donors (Lipinski definition) is 0. The summed E-state index contributed by atoms with van der Waals surface area (Å²) in [5, 5.41) is 0. The summed E-state index contributed by atoms with van der Waals surface area (Å²) in [6, 6.07) is 15.6. The van der Waals surface area contributed by atoms with Gasteiger partial charge in [-0.3, -0.25) is 4.21 Å². The van der Waals surface area contributed by atoms with Gasteiger partial charge in [0.15, 0.2) is 0 Å². The SMILES string of the molecule is CN1CCCCC1CCN1c2ccccc2Sc2ccc(S(C)=O)cc21.Cl. The molecule has 2 atom stereocenters. The van der Waals surface area contributed by atoms with Crippen LogP contribution in [0, 0.1) is 0 Å². The zero-order chi connectivity index (χ0) is 18.1. The van der Waals surface area contributed by atoms with Gasteiger partial charge in [-0.2, -0.15) is 0 Å². The van der Waals surface area contributed by atoms with E-state index in [1.165, 1.54) is 47.0 Å². The Labute approximate surface area is 175 Å². The van der Waals surface area contributed by atoms with Crippen molar-refractivity contribution in [3.63, 3.8) is 0 Å². The van der Waals surface area contributed by atoms with E-state index in [4.69, 9.17) is 0 Å². The van der Waals surface area contributed by atoms with E-state index >= 15 is 0 Å². The highest BCUT2D eigenvalue weighted by Crippen LogP contribution is 2.48. The molecule has 1 fully saturated rings. The van der Waals surface area contributed by atoms with Gasteiger partial charge in [0, 0.05) is 44.3 Å². The molecule has 0 amide bonds. The van der Waals surface area contributed by atoms with Crippen molar-refractivity contribution in [2.24, 2.45) is 0 Å². The van der Waals surface area contributed by atoms with E-state index in [0.717, 1.165) is 17.9 Å². The van der Waals surface area contributed by atoms with Crippen LogP contribution in [0.15, 0.2) is 57.2 Å². The smallest absolute Gasteiger partial charge is 0.0565 e. The van der Waals surface area contributed by atoms with E-state index in [0.29, 0.717) is 6.04 Å². The number of likely N-dealkylation sites (tertiary alicyclic amines) is 1. The summed E-state index contributed by atoms with van der Waals surface area (Å²) in [7, 11) is 1.30. The normalized spacial score (nSPS) is 20.4. The lowest BCUT2D eigenvalue weighted by Gasteiger charge is -2.37. The zero-order valence-electron chi connectivity index (χ0n) is 15.9. The second kappa shape index (κ2) is 8.99. The van der Waals surface area contributed by atoms with Crippen LogP contribution < -0.4 is 4.90 Å². The zero-order valence-corrected chi connectivity index (χ0v) is 18.3. The molecular weight excluding hydrogens is 396 g/mol. The Morgan fingerprint density at radius 1 is 1.11 bits per heavy atom. The highest BCUT2D eigenvalue weighted by molar-refractivity contribution is 7.99. The molecule has 27 heavy (non-hydrogen) atoms. The number of piperidine rings is 1. The van der Waals surface area contributed by atoms with E-state index in [2.05, 4.69) is 53.2 Å². The quantitative estimate of drug-likeness (QED) is 0.664. The van der Waals surface area contributed by atoms with E-state index in [9.17, 15) is 4.21 Å². The fraction of sp³-hybridized carbons (Fsp3) is 0.429. The van der Waals surface area contributed by atoms with Crippen LogP contribution in [0.5, 0.6) is 0 Å². The second-order valence-electron chi connectivity index (χ2n) is 7.22. The van der Waals surface area contributed by atoms with Crippen molar-refractivity contribution in [2.75, 3.05) is 31.3 Å². The molecule has 2 heterocycles. The first-order valence-electron chi connectivity index (χ1n) is 9.35. The summed E-state index contributed by atoms with van der Waals surface area (Å²) >= 11 is 1.82. The van der Waals surface area contributed by atoms with E-state index in [1.807, 2.05) is 17.8 Å². The molecule has 0 N–H and O–H groups in total. The lowest BCUT2D eigenvalue weighted by molar-refractivity contribution is 0.178. The van der Waals surface area contributed by atoms with E-state index < -0.39 is 10.8 Å². The molecule has 6 heteroatoms. The molecule has 2 aliphatic heterocycles. The summed E-state index contributed by atoms with van der Waals surface area (Å²) in [5.74, 6) is 0. The highest BCUT2D eigenvalue weighted by atomic mass is 35.5. The molecule has 0 bridgehead atoms. The van der Waals surface area contributed by atoms with Gasteiger partial charge in [0.25, 0.3) is 0 Å². The van der Waals surface area contributed by atoms with Crippen molar-refractivity contribution < 1.29 is 4.21 Å². The maximum absolute atomic E-state index is 12.0. The van der Waals surface area contributed by atoms with Crippen molar-refractivity contribution in [2.45, 2.75) is 46.4 Å². The largest absolute Gasteiger partial charge is 0.340 e. The van der Waals surface area contributed by atoms with Crippen molar-refractivity contribution in [1.29, 1.82) is 0 Å². The molecule has 2 aromatic rings. The Bertz CT molecular complexity index is 830. The number of fused-ring (bicyclic) bond motifs is 2. The van der Waals surface area contributed by atoms with Crippen LogP contribution in [0.25, 0.3) is 0 Å². The Hall–Kier alpha value is -1.01. The third kappa shape index (κ3) is 4.37. The molecule has 3 nitrogen and oxygen atoms in total. The summed E-state index contributed by atoms with van der Waals surface area (Å²) in [6.45, 7) is 2.21. The van der Waals surface area contributed by atoms with E-state index in [1.54, 1.807) is 6.26 Å². The van der Waals surface area contributed by atoms with Gasteiger partial charge in [-0.15, -0.1) is 12.4 Å². The monoisotopic (exact) mass is 422 g/mol. The predicted molar refractivity (Wildman–Crippen MR) is 118 cm³/mol. The van der Waals surface area contributed by atoms with Crippen LogP contribution >= 0.6 is 24.2 Å². The molecule has 0 spiro atoms. The van der Waals surface area contributed by atoms with Crippen molar-refractivity contribution in [3.05, 3.63) is 42.5 Å². The number of halogens is 1. The minimum Gasteiger partial charge on any atom is -0.340 e. The van der Waals surface area contributed by atoms with Crippen LogP contribution in [0.1, 0.15) is 25.7 Å². The number of benzene rings is 2. The van der Waals surface area contributed by atoms with E-state index in [-0.39, 0.29) is 12.4 Å². The number of hydrogen-bond acceptors (Lipinski definition) is 4. The number of para-hydroxylation sites is 1. The summed E-state index contributed by atoms with van der Waals surface area (Å²) in [6.07, 6.45) is 6.88. The van der Waals surface area contributed by atoms with Gasteiger partial charge >= 0.3 is 0 Å².